The van der Waals surface area contributed by atoms with E-state index in [0.717, 1.165) is 16.8 Å². The van der Waals surface area contributed by atoms with Gasteiger partial charge in [0.2, 0.25) is 0 Å². The van der Waals surface area contributed by atoms with Gasteiger partial charge in [0, 0.05) is 22.8 Å². The van der Waals surface area contributed by atoms with E-state index in [1.807, 2.05) is 37.3 Å². The van der Waals surface area contributed by atoms with Crippen molar-refractivity contribution in [3.8, 4) is 5.75 Å². The summed E-state index contributed by atoms with van der Waals surface area (Å²) in [7, 11) is 0. The van der Waals surface area contributed by atoms with Gasteiger partial charge in [0.05, 0.1) is 6.04 Å². The lowest BCUT2D eigenvalue weighted by Gasteiger charge is -2.38. The van der Waals surface area contributed by atoms with Crippen LogP contribution < -0.4 is 4.74 Å². The van der Waals surface area contributed by atoms with Crippen LogP contribution in [0.1, 0.15) is 47.1 Å². The first-order chi connectivity index (χ1) is 15.8. The lowest BCUT2D eigenvalue weighted by Crippen LogP contribution is -2.41. The molecule has 0 fully saturated rings. The van der Waals surface area contributed by atoms with Gasteiger partial charge in [-0.25, -0.2) is 9.59 Å². The lowest BCUT2D eigenvalue weighted by atomic mass is 9.88. The molecule has 0 saturated heterocycles. The number of aromatic amines is 1. The predicted molar refractivity (Wildman–Crippen MR) is 121 cm³/mol. The SMILES string of the molecule is Cc1cc(C(C)OC(=O)N2CCc3ccccc3C2c2cc(Cl)ccc2OCC(=O)O)n[nH]1. The Balaban J connectivity index is 1.71. The molecule has 4 rings (SSSR count). The molecule has 33 heavy (non-hydrogen) atoms. The van der Waals surface area contributed by atoms with Crippen LogP contribution in [0, 0.1) is 6.92 Å². The number of carbonyl (C=O) groups excluding carboxylic acids is 1. The van der Waals surface area contributed by atoms with E-state index in [4.69, 9.17) is 26.2 Å². The quantitative estimate of drug-likeness (QED) is 0.543. The molecular formula is C24H24ClN3O5. The third-order valence-electron chi connectivity index (χ3n) is 5.56. The number of halogens is 1. The number of nitrogens with one attached hydrogen (secondary N) is 1. The lowest BCUT2D eigenvalue weighted by molar-refractivity contribution is -0.139. The van der Waals surface area contributed by atoms with E-state index in [1.165, 1.54) is 0 Å². The average molecular weight is 470 g/mol. The largest absolute Gasteiger partial charge is 0.482 e. The van der Waals surface area contributed by atoms with Crippen molar-refractivity contribution >= 4 is 23.7 Å². The summed E-state index contributed by atoms with van der Waals surface area (Å²) in [6, 6.07) is 14.0. The highest BCUT2D eigenvalue weighted by atomic mass is 35.5. The number of carbonyl (C=O) groups is 2. The minimum atomic E-state index is -1.10. The zero-order chi connectivity index (χ0) is 23.5. The zero-order valence-electron chi connectivity index (χ0n) is 18.2. The number of hydrogen-bond acceptors (Lipinski definition) is 5. The molecule has 172 valence electrons. The van der Waals surface area contributed by atoms with E-state index in [9.17, 15) is 9.59 Å². The minimum Gasteiger partial charge on any atom is -0.482 e. The Labute approximate surface area is 196 Å². The average Bonchev–Trinajstić information content (AvgIpc) is 3.23. The Morgan fingerprint density at radius 2 is 2.03 bits per heavy atom. The van der Waals surface area contributed by atoms with Gasteiger partial charge in [-0.15, -0.1) is 0 Å². The molecule has 2 unspecified atom stereocenters. The number of nitrogens with zero attached hydrogens (tertiary/aromatic N) is 2. The summed E-state index contributed by atoms with van der Waals surface area (Å²) in [6.07, 6.45) is -0.405. The molecule has 1 aliphatic heterocycles. The summed E-state index contributed by atoms with van der Waals surface area (Å²) >= 11 is 6.30. The number of ether oxygens (including phenoxy) is 2. The third-order valence-corrected chi connectivity index (χ3v) is 5.79. The van der Waals surface area contributed by atoms with Crippen molar-refractivity contribution in [2.45, 2.75) is 32.4 Å². The third kappa shape index (κ3) is 4.96. The summed E-state index contributed by atoms with van der Waals surface area (Å²) in [5.74, 6) is -0.753. The second-order valence-electron chi connectivity index (χ2n) is 7.91. The van der Waals surface area contributed by atoms with E-state index in [1.54, 1.807) is 30.0 Å². The van der Waals surface area contributed by atoms with Crippen molar-refractivity contribution < 1.29 is 24.2 Å². The molecule has 0 bridgehead atoms. The smallest absolute Gasteiger partial charge is 0.411 e. The Morgan fingerprint density at radius 3 is 2.76 bits per heavy atom. The molecule has 2 heterocycles. The van der Waals surface area contributed by atoms with E-state index < -0.39 is 30.8 Å². The molecular weight excluding hydrogens is 446 g/mol. The first kappa shape index (κ1) is 22.7. The summed E-state index contributed by atoms with van der Waals surface area (Å²) in [4.78, 5) is 26.1. The first-order valence-corrected chi connectivity index (χ1v) is 10.9. The number of aryl methyl sites for hydroxylation is 1. The Bertz CT molecular complexity index is 1180. The molecule has 2 atom stereocenters. The molecule has 1 aromatic heterocycles. The van der Waals surface area contributed by atoms with Gasteiger partial charge in [0.15, 0.2) is 6.61 Å². The number of rotatable bonds is 6. The van der Waals surface area contributed by atoms with E-state index in [-0.39, 0.29) is 0 Å². The molecule has 3 aromatic rings. The summed E-state index contributed by atoms with van der Waals surface area (Å²) < 4.78 is 11.3. The molecule has 2 aromatic carbocycles. The maximum absolute atomic E-state index is 13.3. The zero-order valence-corrected chi connectivity index (χ0v) is 19.0. The molecule has 9 heteroatoms. The Hall–Kier alpha value is -3.52. The van der Waals surface area contributed by atoms with E-state index >= 15 is 0 Å². The maximum atomic E-state index is 13.3. The molecule has 0 aliphatic carbocycles. The predicted octanol–water partition coefficient (Wildman–Crippen LogP) is 4.68. The summed E-state index contributed by atoms with van der Waals surface area (Å²) in [5.41, 5.74) is 4.09. The van der Waals surface area contributed by atoms with Crippen molar-refractivity contribution in [1.82, 2.24) is 15.1 Å². The van der Waals surface area contributed by atoms with Crippen molar-refractivity contribution in [1.29, 1.82) is 0 Å². The summed E-state index contributed by atoms with van der Waals surface area (Å²) in [6.45, 7) is 3.54. The van der Waals surface area contributed by atoms with Crippen molar-refractivity contribution in [2.24, 2.45) is 0 Å². The Morgan fingerprint density at radius 1 is 1.24 bits per heavy atom. The fourth-order valence-electron chi connectivity index (χ4n) is 4.03. The number of aliphatic carboxylic acids is 1. The number of carboxylic acids is 1. The van der Waals surface area contributed by atoms with Crippen LogP contribution in [-0.4, -0.2) is 45.4 Å². The Kier molecular flexibility index (Phi) is 6.55. The number of fused-ring (bicyclic) bond motifs is 1. The van der Waals surface area contributed by atoms with Gasteiger partial charge in [-0.1, -0.05) is 35.9 Å². The van der Waals surface area contributed by atoms with Gasteiger partial charge in [0.25, 0.3) is 0 Å². The van der Waals surface area contributed by atoms with Crippen LogP contribution in [0.3, 0.4) is 0 Å². The van der Waals surface area contributed by atoms with Crippen molar-refractivity contribution in [3.63, 3.8) is 0 Å². The van der Waals surface area contributed by atoms with Crippen LogP contribution in [0.15, 0.2) is 48.5 Å². The highest BCUT2D eigenvalue weighted by Gasteiger charge is 2.35. The topological polar surface area (TPSA) is 105 Å². The second-order valence-corrected chi connectivity index (χ2v) is 8.35. The maximum Gasteiger partial charge on any atom is 0.411 e. The number of aromatic nitrogens is 2. The van der Waals surface area contributed by atoms with Crippen molar-refractivity contribution in [2.75, 3.05) is 13.2 Å². The van der Waals surface area contributed by atoms with Gasteiger partial charge >= 0.3 is 12.1 Å². The number of hydrogen-bond donors (Lipinski definition) is 2. The highest BCUT2D eigenvalue weighted by Crippen LogP contribution is 2.41. The summed E-state index contributed by atoms with van der Waals surface area (Å²) in [5, 5.41) is 16.6. The van der Waals surface area contributed by atoms with Gasteiger partial charge in [-0.05, 0) is 55.7 Å². The normalized spacial score (nSPS) is 16.1. The van der Waals surface area contributed by atoms with Gasteiger partial charge in [-0.2, -0.15) is 5.10 Å². The molecule has 0 spiro atoms. The number of carboxylic acid groups (broad SMARTS) is 1. The first-order valence-electron chi connectivity index (χ1n) is 10.5. The van der Waals surface area contributed by atoms with Crippen LogP contribution in [0.2, 0.25) is 5.02 Å². The fourth-order valence-corrected chi connectivity index (χ4v) is 4.21. The number of benzene rings is 2. The number of amides is 1. The van der Waals surface area contributed by atoms with Gasteiger partial charge in [0.1, 0.15) is 17.5 Å². The standard InChI is InChI=1S/C24H24ClN3O5/c1-14-11-20(27-26-14)15(2)33-24(31)28-10-9-16-5-3-4-6-18(16)23(28)19-12-17(25)7-8-21(19)32-13-22(29)30/h3-8,11-12,15,23H,9-10,13H2,1-2H3,(H,26,27)(H,29,30). The molecule has 8 nitrogen and oxygen atoms in total. The molecule has 1 amide bonds. The molecule has 2 N–H and O–H groups in total. The van der Waals surface area contributed by atoms with E-state index in [2.05, 4.69) is 10.2 Å². The van der Waals surface area contributed by atoms with Crippen LogP contribution in [0.5, 0.6) is 5.75 Å². The minimum absolute atomic E-state index is 0.345. The molecule has 0 saturated carbocycles. The van der Waals surface area contributed by atoms with Gasteiger partial charge < -0.3 is 14.6 Å². The van der Waals surface area contributed by atoms with Crippen LogP contribution in [-0.2, 0) is 16.0 Å². The number of H-pyrrole nitrogens is 1. The van der Waals surface area contributed by atoms with Gasteiger partial charge in [-0.3, -0.25) is 10.00 Å². The molecule has 0 radical (unpaired) electrons. The van der Waals surface area contributed by atoms with Crippen LogP contribution in [0.4, 0.5) is 4.79 Å². The highest BCUT2D eigenvalue weighted by molar-refractivity contribution is 6.30. The van der Waals surface area contributed by atoms with E-state index in [0.29, 0.717) is 35.0 Å². The van der Waals surface area contributed by atoms with Crippen LogP contribution in [0.25, 0.3) is 0 Å². The van der Waals surface area contributed by atoms with Crippen LogP contribution >= 0.6 is 11.6 Å². The fraction of sp³-hybridized carbons (Fsp3) is 0.292. The molecule has 1 aliphatic rings. The van der Waals surface area contributed by atoms with Crippen molar-refractivity contribution in [3.05, 3.63) is 81.6 Å². The second kappa shape index (κ2) is 9.54. The monoisotopic (exact) mass is 469 g/mol.